The highest BCUT2D eigenvalue weighted by Crippen LogP contribution is 2.67. The first kappa shape index (κ1) is 23.3. The summed E-state index contributed by atoms with van der Waals surface area (Å²) >= 11 is 0. The topological polar surface area (TPSA) is 20.2 Å². The molecule has 8 atom stereocenters. The van der Waals surface area contributed by atoms with Crippen LogP contribution in [-0.4, -0.2) is 11.2 Å². The summed E-state index contributed by atoms with van der Waals surface area (Å²) in [5, 5.41) is 10.3. The molecule has 31 heavy (non-hydrogen) atoms. The van der Waals surface area contributed by atoms with Crippen molar-refractivity contribution in [3.05, 3.63) is 35.5 Å². The summed E-state index contributed by atoms with van der Waals surface area (Å²) in [4.78, 5) is 0. The van der Waals surface area contributed by atoms with Gasteiger partial charge in [0.1, 0.15) is 0 Å². The van der Waals surface area contributed by atoms with E-state index in [1.165, 1.54) is 62.5 Å². The van der Waals surface area contributed by atoms with Gasteiger partial charge in [0.15, 0.2) is 0 Å². The molecule has 3 saturated carbocycles. The third-order valence-electron chi connectivity index (χ3n) is 10.7. The maximum absolute atomic E-state index is 10.3. The van der Waals surface area contributed by atoms with Crippen molar-refractivity contribution in [2.75, 3.05) is 0 Å². The van der Waals surface area contributed by atoms with Crippen molar-refractivity contribution < 1.29 is 5.11 Å². The van der Waals surface area contributed by atoms with E-state index in [2.05, 4.69) is 53.3 Å². The molecule has 0 radical (unpaired) electrons. The minimum atomic E-state index is -0.0905. The number of rotatable bonds is 6. The van der Waals surface area contributed by atoms with E-state index < -0.39 is 0 Å². The lowest BCUT2D eigenvalue weighted by molar-refractivity contribution is -0.0571. The minimum absolute atomic E-state index is 0.0905. The van der Waals surface area contributed by atoms with Crippen molar-refractivity contribution in [1.82, 2.24) is 0 Å². The van der Waals surface area contributed by atoms with Gasteiger partial charge < -0.3 is 5.11 Å². The molecule has 0 aromatic heterocycles. The maximum Gasteiger partial charge on any atom is 0.0577 e. The van der Waals surface area contributed by atoms with E-state index in [1.54, 1.807) is 5.57 Å². The number of aliphatic hydroxyl groups is 1. The summed E-state index contributed by atoms with van der Waals surface area (Å²) in [6.45, 7) is 16.4. The normalized spacial score (nSPS) is 43.5. The molecule has 1 N–H and O–H groups in total. The molecule has 0 aromatic carbocycles. The Morgan fingerprint density at radius 1 is 1.19 bits per heavy atom. The van der Waals surface area contributed by atoms with Gasteiger partial charge in [0, 0.05) is 0 Å². The number of allylic oxidation sites excluding steroid dienone is 4. The monoisotopic (exact) mass is 424 g/mol. The molecule has 1 nitrogen and oxygen atoms in total. The van der Waals surface area contributed by atoms with Gasteiger partial charge in [-0.25, -0.2) is 0 Å². The maximum atomic E-state index is 10.3. The Kier molecular flexibility index (Phi) is 6.66. The summed E-state index contributed by atoms with van der Waals surface area (Å²) in [7, 11) is 0. The van der Waals surface area contributed by atoms with Crippen molar-refractivity contribution in [1.29, 1.82) is 0 Å². The average Bonchev–Trinajstić information content (AvgIpc) is 3.08. The van der Waals surface area contributed by atoms with Gasteiger partial charge in [0.05, 0.1) is 6.10 Å². The van der Waals surface area contributed by atoms with E-state index in [0.29, 0.717) is 10.8 Å². The summed E-state index contributed by atoms with van der Waals surface area (Å²) in [6, 6.07) is 0. The van der Waals surface area contributed by atoms with E-state index >= 15 is 0 Å². The zero-order valence-corrected chi connectivity index (χ0v) is 21.1. The smallest absolute Gasteiger partial charge is 0.0577 e. The molecule has 0 saturated heterocycles. The van der Waals surface area contributed by atoms with Gasteiger partial charge in [-0.2, -0.15) is 0 Å². The molecule has 4 rings (SSSR count). The first-order valence-electron chi connectivity index (χ1n) is 13.4. The molecule has 0 bridgehead atoms. The lowest BCUT2D eigenvalue weighted by atomic mass is 9.47. The van der Waals surface area contributed by atoms with E-state index in [-0.39, 0.29) is 6.10 Å². The standard InChI is InChI=1S/C30H48O/c1-7-8-22(20(2)3)10-9-21(4)26-13-14-27-25-12-11-23-19-24(31)15-17-29(23,5)28(25)16-18-30(26,27)6/h8,11,21,24-28,31H,2,7,9-10,12-19H2,1,3-6H3. The predicted molar refractivity (Wildman–Crippen MR) is 133 cm³/mol. The van der Waals surface area contributed by atoms with Crippen LogP contribution in [0.25, 0.3) is 0 Å². The van der Waals surface area contributed by atoms with Crippen LogP contribution in [0.5, 0.6) is 0 Å². The van der Waals surface area contributed by atoms with Gasteiger partial charge in [-0.05, 0) is 124 Å². The summed E-state index contributed by atoms with van der Waals surface area (Å²) in [5.41, 5.74) is 5.27. The van der Waals surface area contributed by atoms with Crippen LogP contribution < -0.4 is 0 Å². The molecule has 4 aliphatic carbocycles. The van der Waals surface area contributed by atoms with Gasteiger partial charge in [0.25, 0.3) is 0 Å². The highest BCUT2D eigenvalue weighted by atomic mass is 16.3. The summed E-state index contributed by atoms with van der Waals surface area (Å²) in [6.07, 6.45) is 18.7. The fraction of sp³-hybridized carbons (Fsp3) is 0.800. The Morgan fingerprint density at radius 3 is 2.68 bits per heavy atom. The molecule has 174 valence electrons. The molecular formula is C30H48O. The molecule has 0 heterocycles. The van der Waals surface area contributed by atoms with Gasteiger partial charge >= 0.3 is 0 Å². The van der Waals surface area contributed by atoms with Crippen LogP contribution in [0, 0.1) is 40.4 Å². The van der Waals surface area contributed by atoms with Gasteiger partial charge in [0.2, 0.25) is 0 Å². The Morgan fingerprint density at radius 2 is 1.97 bits per heavy atom. The summed E-state index contributed by atoms with van der Waals surface area (Å²) < 4.78 is 0. The van der Waals surface area contributed by atoms with Crippen molar-refractivity contribution in [3.8, 4) is 0 Å². The SMILES string of the molecule is C=C(C)C(=CCC)CCC(C)C1CCC2C3CC=C4CC(O)CCC4(C)C3CCC12C. The molecule has 3 fully saturated rings. The quantitative estimate of drug-likeness (QED) is 0.336. The van der Waals surface area contributed by atoms with Gasteiger partial charge in [-0.3, -0.25) is 0 Å². The summed E-state index contributed by atoms with van der Waals surface area (Å²) in [5.74, 6) is 4.34. The average molecular weight is 425 g/mol. The third-order valence-corrected chi connectivity index (χ3v) is 10.7. The Labute approximate surface area is 192 Å². The van der Waals surface area contributed by atoms with E-state index in [1.807, 2.05) is 0 Å². The highest BCUT2D eigenvalue weighted by Gasteiger charge is 2.59. The van der Waals surface area contributed by atoms with Crippen LogP contribution in [0.2, 0.25) is 0 Å². The molecule has 0 spiro atoms. The van der Waals surface area contributed by atoms with E-state index in [0.717, 1.165) is 48.9 Å². The highest BCUT2D eigenvalue weighted by molar-refractivity contribution is 5.27. The second-order valence-corrected chi connectivity index (χ2v) is 12.3. The Bertz CT molecular complexity index is 744. The van der Waals surface area contributed by atoms with Crippen LogP contribution >= 0.6 is 0 Å². The van der Waals surface area contributed by atoms with Crippen molar-refractivity contribution in [3.63, 3.8) is 0 Å². The molecule has 8 unspecified atom stereocenters. The second-order valence-electron chi connectivity index (χ2n) is 12.3. The number of hydrogen-bond acceptors (Lipinski definition) is 1. The minimum Gasteiger partial charge on any atom is -0.393 e. The van der Waals surface area contributed by atoms with E-state index in [4.69, 9.17) is 0 Å². The van der Waals surface area contributed by atoms with Crippen LogP contribution in [0.3, 0.4) is 0 Å². The van der Waals surface area contributed by atoms with Crippen LogP contribution in [-0.2, 0) is 0 Å². The Balaban J connectivity index is 1.48. The van der Waals surface area contributed by atoms with Crippen molar-refractivity contribution >= 4 is 0 Å². The number of fused-ring (bicyclic) bond motifs is 5. The fourth-order valence-electron chi connectivity index (χ4n) is 8.94. The molecule has 1 heteroatoms. The third kappa shape index (κ3) is 4.03. The lowest BCUT2D eigenvalue weighted by Gasteiger charge is -2.58. The van der Waals surface area contributed by atoms with Gasteiger partial charge in [-0.15, -0.1) is 0 Å². The first-order valence-corrected chi connectivity index (χ1v) is 13.4. The van der Waals surface area contributed by atoms with E-state index in [9.17, 15) is 5.11 Å². The second kappa shape index (κ2) is 8.85. The molecule has 0 aromatic rings. The Hall–Kier alpha value is -0.820. The van der Waals surface area contributed by atoms with Crippen molar-refractivity contribution in [2.24, 2.45) is 40.4 Å². The lowest BCUT2D eigenvalue weighted by Crippen LogP contribution is -2.50. The zero-order valence-electron chi connectivity index (χ0n) is 21.1. The van der Waals surface area contributed by atoms with Gasteiger partial charge in [-0.1, -0.05) is 57.6 Å². The number of aliphatic hydroxyl groups excluding tert-OH is 1. The first-order chi connectivity index (χ1) is 14.7. The zero-order chi connectivity index (χ0) is 22.4. The van der Waals surface area contributed by atoms with Crippen LogP contribution in [0.1, 0.15) is 105 Å². The van der Waals surface area contributed by atoms with Crippen LogP contribution in [0.4, 0.5) is 0 Å². The fourth-order valence-corrected chi connectivity index (χ4v) is 8.94. The molecular weight excluding hydrogens is 376 g/mol. The molecule has 4 aliphatic rings. The van der Waals surface area contributed by atoms with Crippen molar-refractivity contribution in [2.45, 2.75) is 111 Å². The predicted octanol–water partition coefficient (Wildman–Crippen LogP) is 8.26. The number of hydrogen-bond donors (Lipinski definition) is 1. The van der Waals surface area contributed by atoms with Crippen LogP contribution in [0.15, 0.2) is 35.5 Å². The largest absolute Gasteiger partial charge is 0.393 e. The molecule has 0 aliphatic heterocycles. The molecule has 0 amide bonds.